The van der Waals surface area contributed by atoms with Gasteiger partial charge in [0.1, 0.15) is 11.3 Å². The van der Waals surface area contributed by atoms with E-state index in [1.165, 1.54) is 18.3 Å². The third-order valence-electron chi connectivity index (χ3n) is 5.42. The number of pyridine rings is 1. The molecule has 1 N–H and O–H groups in total. The summed E-state index contributed by atoms with van der Waals surface area (Å²) in [6, 6.07) is 7.51. The molecule has 2 heterocycles. The summed E-state index contributed by atoms with van der Waals surface area (Å²) in [7, 11) is 0. The Labute approximate surface area is 193 Å². The van der Waals surface area contributed by atoms with Crippen LogP contribution in [-0.2, 0) is 12.7 Å². The highest BCUT2D eigenvalue weighted by molar-refractivity contribution is 6.13. The molecule has 35 heavy (non-hydrogen) atoms. The molecule has 1 amide bonds. The maximum absolute atomic E-state index is 14.3. The third-order valence-corrected chi connectivity index (χ3v) is 5.42. The first-order chi connectivity index (χ1) is 16.5. The minimum absolute atomic E-state index is 0.186. The number of carbonyl (C=O) groups excluding carboxylic acids is 1. The van der Waals surface area contributed by atoms with Crippen LogP contribution in [0, 0.1) is 30.2 Å². The van der Waals surface area contributed by atoms with Crippen molar-refractivity contribution in [2.45, 2.75) is 26.6 Å². The van der Waals surface area contributed by atoms with Gasteiger partial charge >= 0.3 is 6.18 Å². The standard InChI is InChI=1S/C23H15F7N4O/c1-3-34-10(2)13(9-31-34)15-8-12(11-6-4-5-7-14(11)32-15)22(35)33-21-19(26)17(24)16(23(28,29)30)18(25)20(21)27/h4-9H,3H2,1-2H3,(H,33,35). The number of carbonyl (C=O) groups is 1. The molecule has 0 atom stereocenters. The lowest BCUT2D eigenvalue weighted by Crippen LogP contribution is -2.20. The summed E-state index contributed by atoms with van der Waals surface area (Å²) < 4.78 is 96.9. The number of aryl methyl sites for hydroxylation is 1. The Kier molecular flexibility index (Phi) is 5.99. The molecule has 0 fully saturated rings. The Balaban J connectivity index is 1.85. The number of halogens is 7. The highest BCUT2D eigenvalue weighted by atomic mass is 19.4. The van der Waals surface area contributed by atoms with Gasteiger partial charge in [-0.3, -0.25) is 9.48 Å². The molecule has 0 aliphatic carbocycles. The number of fused-ring (bicyclic) bond motifs is 1. The molecule has 4 rings (SSSR count). The van der Waals surface area contributed by atoms with Crippen molar-refractivity contribution in [3.63, 3.8) is 0 Å². The number of hydrogen-bond acceptors (Lipinski definition) is 3. The van der Waals surface area contributed by atoms with Crippen LogP contribution in [0.1, 0.15) is 28.5 Å². The molecular formula is C23H15F7N4O. The molecule has 0 bridgehead atoms. The van der Waals surface area contributed by atoms with Crippen molar-refractivity contribution in [2.75, 3.05) is 5.32 Å². The smallest absolute Gasteiger partial charge is 0.317 e. The topological polar surface area (TPSA) is 59.8 Å². The van der Waals surface area contributed by atoms with Crippen LogP contribution >= 0.6 is 0 Å². The quantitative estimate of drug-likeness (QED) is 0.268. The van der Waals surface area contributed by atoms with Crippen LogP contribution in [0.2, 0.25) is 0 Å². The summed E-state index contributed by atoms with van der Waals surface area (Å²) in [6.07, 6.45) is -4.19. The third kappa shape index (κ3) is 4.08. The zero-order valence-corrected chi connectivity index (χ0v) is 18.1. The fourth-order valence-electron chi connectivity index (χ4n) is 3.69. The van der Waals surface area contributed by atoms with Gasteiger partial charge in [0.15, 0.2) is 23.3 Å². The fraction of sp³-hybridized carbons (Fsp3) is 0.174. The Morgan fingerprint density at radius 3 is 2.23 bits per heavy atom. The molecular weight excluding hydrogens is 481 g/mol. The summed E-state index contributed by atoms with van der Waals surface area (Å²) in [5.41, 5.74) is -2.75. The molecule has 0 saturated carbocycles. The van der Waals surface area contributed by atoms with Gasteiger partial charge in [-0.25, -0.2) is 22.5 Å². The average molecular weight is 496 g/mol. The molecule has 4 aromatic rings. The molecule has 2 aromatic heterocycles. The zero-order valence-electron chi connectivity index (χ0n) is 18.1. The van der Waals surface area contributed by atoms with Crippen molar-refractivity contribution in [2.24, 2.45) is 0 Å². The van der Waals surface area contributed by atoms with Crippen LogP contribution in [-0.4, -0.2) is 20.7 Å². The number of para-hydroxylation sites is 1. The highest BCUT2D eigenvalue weighted by Gasteiger charge is 2.42. The van der Waals surface area contributed by atoms with Gasteiger partial charge in [-0.15, -0.1) is 0 Å². The monoisotopic (exact) mass is 496 g/mol. The molecule has 0 radical (unpaired) electrons. The van der Waals surface area contributed by atoms with E-state index in [0.717, 1.165) is 0 Å². The Hall–Kier alpha value is -3.96. The van der Waals surface area contributed by atoms with Crippen LogP contribution in [0.3, 0.4) is 0 Å². The molecule has 0 aliphatic heterocycles. The zero-order chi connectivity index (χ0) is 25.7. The first kappa shape index (κ1) is 24.2. The maximum Gasteiger partial charge on any atom is 0.422 e. The van der Waals surface area contributed by atoms with Crippen molar-refractivity contribution in [3.05, 3.63) is 76.6 Å². The van der Waals surface area contributed by atoms with Crippen LogP contribution in [0.4, 0.5) is 36.4 Å². The van der Waals surface area contributed by atoms with Crippen LogP contribution in [0.25, 0.3) is 22.2 Å². The van der Waals surface area contributed by atoms with E-state index in [1.54, 1.807) is 35.1 Å². The minimum Gasteiger partial charge on any atom is -0.317 e. The molecule has 2 aromatic carbocycles. The second-order valence-corrected chi connectivity index (χ2v) is 7.49. The van der Waals surface area contributed by atoms with Gasteiger partial charge in [0.25, 0.3) is 5.91 Å². The number of rotatable bonds is 4. The van der Waals surface area contributed by atoms with Gasteiger partial charge < -0.3 is 5.32 Å². The number of nitrogens with one attached hydrogen (secondary N) is 1. The van der Waals surface area contributed by atoms with Gasteiger partial charge in [0.2, 0.25) is 0 Å². The van der Waals surface area contributed by atoms with Crippen LogP contribution in [0.15, 0.2) is 36.5 Å². The van der Waals surface area contributed by atoms with E-state index in [9.17, 15) is 35.5 Å². The number of alkyl halides is 3. The van der Waals surface area contributed by atoms with Crippen molar-refractivity contribution < 1.29 is 35.5 Å². The van der Waals surface area contributed by atoms with E-state index in [-0.39, 0.29) is 16.6 Å². The molecule has 0 aliphatic rings. The first-order valence-electron chi connectivity index (χ1n) is 10.1. The molecule has 0 unspecified atom stereocenters. The first-order valence-corrected chi connectivity index (χ1v) is 10.1. The Bertz CT molecular complexity index is 1450. The molecule has 0 saturated heterocycles. The largest absolute Gasteiger partial charge is 0.422 e. The number of benzene rings is 2. The second kappa shape index (κ2) is 8.67. The lowest BCUT2D eigenvalue weighted by molar-refractivity contribution is -0.143. The van der Waals surface area contributed by atoms with Gasteiger partial charge in [0, 0.05) is 23.2 Å². The fourth-order valence-corrected chi connectivity index (χ4v) is 3.69. The van der Waals surface area contributed by atoms with Crippen molar-refractivity contribution in [1.82, 2.24) is 14.8 Å². The summed E-state index contributed by atoms with van der Waals surface area (Å²) in [4.78, 5) is 17.5. The SMILES string of the molecule is CCn1ncc(-c2cc(C(=O)Nc3c(F)c(F)c(C(F)(F)F)c(F)c3F)c3ccccc3n2)c1C. The number of amides is 1. The summed E-state index contributed by atoms with van der Waals surface area (Å²) in [5, 5.41) is 6.10. The maximum atomic E-state index is 14.3. The predicted octanol–water partition coefficient (Wildman–Crippen LogP) is 6.25. The number of nitrogens with zero attached hydrogens (tertiary/aromatic N) is 3. The molecule has 5 nitrogen and oxygen atoms in total. The number of hydrogen-bond donors (Lipinski definition) is 1. The number of aromatic nitrogens is 3. The molecule has 0 spiro atoms. The Morgan fingerprint density at radius 1 is 1.03 bits per heavy atom. The molecule has 182 valence electrons. The van der Waals surface area contributed by atoms with E-state index in [0.29, 0.717) is 23.3 Å². The van der Waals surface area contributed by atoms with Crippen LogP contribution < -0.4 is 5.32 Å². The van der Waals surface area contributed by atoms with Gasteiger partial charge in [-0.05, 0) is 26.0 Å². The number of anilines is 1. The van der Waals surface area contributed by atoms with Crippen molar-refractivity contribution in [1.29, 1.82) is 0 Å². The normalized spacial score (nSPS) is 11.8. The summed E-state index contributed by atoms with van der Waals surface area (Å²) in [5.74, 6) is -11.3. The lowest BCUT2D eigenvalue weighted by atomic mass is 10.0. The van der Waals surface area contributed by atoms with Crippen molar-refractivity contribution in [3.8, 4) is 11.3 Å². The van der Waals surface area contributed by atoms with E-state index in [1.807, 2.05) is 6.92 Å². The second-order valence-electron chi connectivity index (χ2n) is 7.49. The van der Waals surface area contributed by atoms with E-state index < -0.39 is 46.6 Å². The van der Waals surface area contributed by atoms with Gasteiger partial charge in [-0.1, -0.05) is 18.2 Å². The summed E-state index contributed by atoms with van der Waals surface area (Å²) >= 11 is 0. The lowest BCUT2D eigenvalue weighted by Gasteiger charge is -2.15. The van der Waals surface area contributed by atoms with Crippen LogP contribution in [0.5, 0.6) is 0 Å². The predicted molar refractivity (Wildman–Crippen MR) is 113 cm³/mol. The van der Waals surface area contributed by atoms with Gasteiger partial charge in [-0.2, -0.15) is 18.3 Å². The van der Waals surface area contributed by atoms with E-state index >= 15 is 0 Å². The average Bonchev–Trinajstić information content (AvgIpc) is 3.19. The van der Waals surface area contributed by atoms with E-state index in [4.69, 9.17) is 0 Å². The van der Waals surface area contributed by atoms with Crippen molar-refractivity contribution >= 4 is 22.5 Å². The van der Waals surface area contributed by atoms with E-state index in [2.05, 4.69) is 10.1 Å². The summed E-state index contributed by atoms with van der Waals surface area (Å²) in [6.45, 7) is 4.18. The Morgan fingerprint density at radius 2 is 1.66 bits per heavy atom. The minimum atomic E-state index is -5.70. The molecule has 12 heteroatoms. The van der Waals surface area contributed by atoms with Gasteiger partial charge in [0.05, 0.1) is 23.0 Å². The highest BCUT2D eigenvalue weighted by Crippen LogP contribution is 2.39.